The normalized spacial score (nSPS) is 13.1. The molecular weight excluding hydrogens is 172 g/mol. The average Bonchev–Trinajstić information content (AvgIpc) is 2.19. The van der Waals surface area contributed by atoms with E-state index in [0.29, 0.717) is 6.04 Å². The first kappa shape index (κ1) is 11.2. The SMILES string of the molecule is CN(C)C(CCCN)c1ccccc1. The zero-order valence-corrected chi connectivity index (χ0v) is 9.11. The van der Waals surface area contributed by atoms with Gasteiger partial charge in [-0.3, -0.25) is 0 Å². The van der Waals surface area contributed by atoms with E-state index in [1.54, 1.807) is 0 Å². The van der Waals surface area contributed by atoms with Crippen molar-refractivity contribution in [2.24, 2.45) is 5.73 Å². The highest BCUT2D eigenvalue weighted by atomic mass is 15.1. The third kappa shape index (κ3) is 3.13. The topological polar surface area (TPSA) is 29.3 Å². The summed E-state index contributed by atoms with van der Waals surface area (Å²) in [5.41, 5.74) is 6.92. The fourth-order valence-electron chi connectivity index (χ4n) is 1.71. The summed E-state index contributed by atoms with van der Waals surface area (Å²) in [4.78, 5) is 2.25. The second kappa shape index (κ2) is 5.78. The van der Waals surface area contributed by atoms with Gasteiger partial charge in [-0.2, -0.15) is 0 Å². The molecule has 0 aliphatic rings. The quantitative estimate of drug-likeness (QED) is 0.773. The van der Waals surface area contributed by atoms with Crippen molar-refractivity contribution in [1.82, 2.24) is 4.90 Å². The number of rotatable bonds is 5. The van der Waals surface area contributed by atoms with Crippen LogP contribution in [0.1, 0.15) is 24.4 Å². The van der Waals surface area contributed by atoms with Gasteiger partial charge in [0, 0.05) is 6.04 Å². The van der Waals surface area contributed by atoms with Crippen molar-refractivity contribution in [3.8, 4) is 0 Å². The van der Waals surface area contributed by atoms with Gasteiger partial charge in [-0.05, 0) is 39.0 Å². The van der Waals surface area contributed by atoms with Crippen LogP contribution >= 0.6 is 0 Å². The van der Waals surface area contributed by atoms with Gasteiger partial charge in [-0.15, -0.1) is 0 Å². The molecule has 2 nitrogen and oxygen atoms in total. The molecule has 0 amide bonds. The molecule has 78 valence electrons. The van der Waals surface area contributed by atoms with Crippen LogP contribution in [0.15, 0.2) is 30.3 Å². The first-order valence-corrected chi connectivity index (χ1v) is 5.17. The minimum absolute atomic E-state index is 0.500. The number of nitrogens with zero attached hydrogens (tertiary/aromatic N) is 1. The van der Waals surface area contributed by atoms with Crippen molar-refractivity contribution in [2.75, 3.05) is 20.6 Å². The lowest BCUT2D eigenvalue weighted by Crippen LogP contribution is -2.20. The highest BCUT2D eigenvalue weighted by Crippen LogP contribution is 2.22. The molecule has 1 rings (SSSR count). The predicted octanol–water partition coefficient (Wildman–Crippen LogP) is 2.03. The Labute approximate surface area is 86.7 Å². The van der Waals surface area contributed by atoms with Crippen molar-refractivity contribution < 1.29 is 0 Å². The van der Waals surface area contributed by atoms with Crippen LogP contribution in [0.2, 0.25) is 0 Å². The van der Waals surface area contributed by atoms with Gasteiger partial charge in [-0.25, -0.2) is 0 Å². The minimum atomic E-state index is 0.500. The zero-order chi connectivity index (χ0) is 10.4. The Morgan fingerprint density at radius 2 is 1.86 bits per heavy atom. The molecule has 1 atom stereocenters. The minimum Gasteiger partial charge on any atom is -0.330 e. The van der Waals surface area contributed by atoms with E-state index in [9.17, 15) is 0 Å². The second-order valence-corrected chi connectivity index (χ2v) is 3.82. The molecule has 2 N–H and O–H groups in total. The Morgan fingerprint density at radius 1 is 1.21 bits per heavy atom. The summed E-state index contributed by atoms with van der Waals surface area (Å²) in [5.74, 6) is 0. The Balaban J connectivity index is 2.68. The Bertz CT molecular complexity index is 244. The summed E-state index contributed by atoms with van der Waals surface area (Å²) in [7, 11) is 4.24. The van der Waals surface area contributed by atoms with Gasteiger partial charge < -0.3 is 10.6 Å². The number of nitrogens with two attached hydrogens (primary N) is 1. The monoisotopic (exact) mass is 192 g/mol. The lowest BCUT2D eigenvalue weighted by molar-refractivity contribution is 0.280. The van der Waals surface area contributed by atoms with Crippen molar-refractivity contribution in [1.29, 1.82) is 0 Å². The third-order valence-corrected chi connectivity index (χ3v) is 2.49. The lowest BCUT2D eigenvalue weighted by atomic mass is 10.0. The molecule has 0 saturated heterocycles. The maximum Gasteiger partial charge on any atom is 0.0342 e. The Kier molecular flexibility index (Phi) is 4.63. The van der Waals surface area contributed by atoms with E-state index in [1.165, 1.54) is 5.56 Å². The summed E-state index contributed by atoms with van der Waals surface area (Å²) in [5, 5.41) is 0. The third-order valence-electron chi connectivity index (χ3n) is 2.49. The van der Waals surface area contributed by atoms with Gasteiger partial charge in [0.1, 0.15) is 0 Å². The van der Waals surface area contributed by atoms with E-state index in [0.717, 1.165) is 19.4 Å². The zero-order valence-electron chi connectivity index (χ0n) is 9.11. The van der Waals surface area contributed by atoms with Gasteiger partial charge in [0.2, 0.25) is 0 Å². The van der Waals surface area contributed by atoms with Crippen molar-refractivity contribution in [2.45, 2.75) is 18.9 Å². The van der Waals surface area contributed by atoms with Crippen LogP contribution in [0.4, 0.5) is 0 Å². The van der Waals surface area contributed by atoms with Crippen molar-refractivity contribution in [3.63, 3.8) is 0 Å². The molecule has 0 spiro atoms. The van der Waals surface area contributed by atoms with E-state index in [2.05, 4.69) is 49.3 Å². The number of hydrogen-bond donors (Lipinski definition) is 1. The summed E-state index contributed by atoms with van der Waals surface area (Å²) in [6.07, 6.45) is 2.21. The molecule has 0 fully saturated rings. The highest BCUT2D eigenvalue weighted by Gasteiger charge is 2.12. The van der Waals surface area contributed by atoms with Crippen LogP contribution in [0, 0.1) is 0 Å². The largest absolute Gasteiger partial charge is 0.330 e. The fraction of sp³-hybridized carbons (Fsp3) is 0.500. The summed E-state index contributed by atoms with van der Waals surface area (Å²) < 4.78 is 0. The van der Waals surface area contributed by atoms with E-state index >= 15 is 0 Å². The smallest absolute Gasteiger partial charge is 0.0342 e. The molecule has 0 aromatic heterocycles. The van der Waals surface area contributed by atoms with Gasteiger partial charge in [0.05, 0.1) is 0 Å². The van der Waals surface area contributed by atoms with Crippen LogP contribution in [0.3, 0.4) is 0 Å². The first-order chi connectivity index (χ1) is 6.75. The van der Waals surface area contributed by atoms with Crippen molar-refractivity contribution >= 4 is 0 Å². The summed E-state index contributed by atoms with van der Waals surface area (Å²) >= 11 is 0. The standard InChI is InChI=1S/C12H20N2/c1-14(2)12(9-6-10-13)11-7-4-3-5-8-11/h3-5,7-8,12H,6,9-10,13H2,1-2H3. The van der Waals surface area contributed by atoms with E-state index < -0.39 is 0 Å². The molecule has 0 aliphatic carbocycles. The lowest BCUT2D eigenvalue weighted by Gasteiger charge is -2.24. The Hall–Kier alpha value is -0.860. The molecule has 14 heavy (non-hydrogen) atoms. The molecule has 1 unspecified atom stereocenters. The van der Waals surface area contributed by atoms with Crippen LogP contribution in [0.5, 0.6) is 0 Å². The molecule has 0 aliphatic heterocycles. The van der Waals surface area contributed by atoms with Gasteiger partial charge in [0.25, 0.3) is 0 Å². The predicted molar refractivity (Wildman–Crippen MR) is 61.2 cm³/mol. The summed E-state index contributed by atoms with van der Waals surface area (Å²) in [6.45, 7) is 0.775. The number of hydrogen-bond acceptors (Lipinski definition) is 2. The van der Waals surface area contributed by atoms with Gasteiger partial charge in [0.15, 0.2) is 0 Å². The highest BCUT2D eigenvalue weighted by molar-refractivity contribution is 5.18. The van der Waals surface area contributed by atoms with Crippen LogP contribution in [0.25, 0.3) is 0 Å². The Morgan fingerprint density at radius 3 is 2.36 bits per heavy atom. The van der Waals surface area contributed by atoms with E-state index in [-0.39, 0.29) is 0 Å². The van der Waals surface area contributed by atoms with Crippen molar-refractivity contribution in [3.05, 3.63) is 35.9 Å². The second-order valence-electron chi connectivity index (χ2n) is 3.82. The average molecular weight is 192 g/mol. The fourth-order valence-corrected chi connectivity index (χ4v) is 1.71. The summed E-state index contributed by atoms with van der Waals surface area (Å²) in [6, 6.07) is 11.1. The van der Waals surface area contributed by atoms with E-state index in [4.69, 9.17) is 5.73 Å². The molecule has 0 heterocycles. The molecule has 2 heteroatoms. The maximum absolute atomic E-state index is 5.54. The van der Waals surface area contributed by atoms with Crippen LogP contribution < -0.4 is 5.73 Å². The molecule has 0 bridgehead atoms. The van der Waals surface area contributed by atoms with E-state index in [1.807, 2.05) is 0 Å². The molecule has 1 aromatic rings. The molecule has 1 aromatic carbocycles. The molecule has 0 radical (unpaired) electrons. The molecular formula is C12H20N2. The van der Waals surface area contributed by atoms with Gasteiger partial charge in [-0.1, -0.05) is 30.3 Å². The first-order valence-electron chi connectivity index (χ1n) is 5.17. The molecule has 0 saturated carbocycles. The van der Waals surface area contributed by atoms with Crippen LogP contribution in [-0.2, 0) is 0 Å². The maximum atomic E-state index is 5.54. The van der Waals surface area contributed by atoms with Gasteiger partial charge >= 0.3 is 0 Å². The van der Waals surface area contributed by atoms with Crippen LogP contribution in [-0.4, -0.2) is 25.5 Å². The number of benzene rings is 1.